The first-order valence-electron chi connectivity index (χ1n) is 5.23. The first kappa shape index (κ1) is 11.5. The van der Waals surface area contributed by atoms with E-state index < -0.39 is 0 Å². The number of carbonyl (C=O) groups excluding carboxylic acids is 1. The van der Waals surface area contributed by atoms with Crippen molar-refractivity contribution < 1.29 is 9.53 Å². The van der Waals surface area contributed by atoms with Crippen LogP contribution in [0.25, 0.3) is 0 Å². The summed E-state index contributed by atoms with van der Waals surface area (Å²) in [4.78, 5) is 11.1. The van der Waals surface area contributed by atoms with E-state index in [1.807, 2.05) is 0 Å². The van der Waals surface area contributed by atoms with Crippen LogP contribution in [0, 0.1) is 5.92 Å². The lowest BCUT2D eigenvalue weighted by Gasteiger charge is -2.26. The van der Waals surface area contributed by atoms with Crippen molar-refractivity contribution in [1.82, 2.24) is 5.32 Å². The van der Waals surface area contributed by atoms with E-state index in [-0.39, 0.29) is 12.5 Å². The molecule has 0 aromatic carbocycles. The Morgan fingerprint density at radius 2 is 2.07 bits per heavy atom. The van der Waals surface area contributed by atoms with Crippen LogP contribution in [0.2, 0.25) is 0 Å². The van der Waals surface area contributed by atoms with Crippen LogP contribution < -0.4 is 11.1 Å². The average molecular weight is 200 g/mol. The Morgan fingerprint density at radius 3 is 2.64 bits per heavy atom. The molecule has 4 nitrogen and oxygen atoms in total. The Bertz CT molecular complexity index is 177. The van der Waals surface area contributed by atoms with Crippen molar-refractivity contribution in [2.75, 3.05) is 20.3 Å². The average Bonchev–Trinajstić information content (AvgIpc) is 2.17. The Labute approximate surface area is 85.2 Å². The summed E-state index contributed by atoms with van der Waals surface area (Å²) in [5.74, 6) is 0.581. The molecule has 0 saturated heterocycles. The molecule has 0 heterocycles. The van der Waals surface area contributed by atoms with Crippen molar-refractivity contribution in [3.8, 4) is 0 Å². The van der Waals surface area contributed by atoms with Crippen LogP contribution in [0.1, 0.15) is 25.7 Å². The molecule has 0 aliphatic heterocycles. The van der Waals surface area contributed by atoms with Gasteiger partial charge in [0.2, 0.25) is 5.91 Å². The third-order valence-corrected chi connectivity index (χ3v) is 2.75. The molecule has 3 N–H and O–H groups in total. The fraction of sp³-hybridized carbons (Fsp3) is 0.900. The zero-order chi connectivity index (χ0) is 10.4. The quantitative estimate of drug-likeness (QED) is 0.684. The second kappa shape index (κ2) is 5.98. The zero-order valence-electron chi connectivity index (χ0n) is 8.79. The molecule has 0 unspecified atom stereocenters. The van der Waals surface area contributed by atoms with Gasteiger partial charge in [0, 0.05) is 19.7 Å². The molecule has 0 spiro atoms. The highest BCUT2D eigenvalue weighted by Crippen LogP contribution is 2.22. The fourth-order valence-corrected chi connectivity index (χ4v) is 1.83. The topological polar surface area (TPSA) is 64.3 Å². The van der Waals surface area contributed by atoms with Crippen LogP contribution in [-0.4, -0.2) is 32.2 Å². The molecule has 1 aliphatic rings. The molecule has 82 valence electrons. The molecule has 1 aliphatic carbocycles. The van der Waals surface area contributed by atoms with E-state index in [9.17, 15) is 4.79 Å². The number of hydrogen-bond acceptors (Lipinski definition) is 3. The number of methoxy groups -OCH3 is 1. The lowest BCUT2D eigenvalue weighted by molar-refractivity contribution is -0.124. The van der Waals surface area contributed by atoms with Gasteiger partial charge in [0.05, 0.1) is 0 Å². The minimum atomic E-state index is -0.0256. The van der Waals surface area contributed by atoms with Gasteiger partial charge in [0.15, 0.2) is 0 Å². The monoisotopic (exact) mass is 200 g/mol. The summed E-state index contributed by atoms with van der Waals surface area (Å²) in [6.07, 6.45) is 4.44. The maximum atomic E-state index is 11.1. The highest BCUT2D eigenvalue weighted by molar-refractivity contribution is 5.77. The highest BCUT2D eigenvalue weighted by atomic mass is 16.5. The van der Waals surface area contributed by atoms with Crippen molar-refractivity contribution in [1.29, 1.82) is 0 Å². The molecule has 0 aromatic heterocycles. The lowest BCUT2D eigenvalue weighted by Crippen LogP contribution is -2.35. The Hall–Kier alpha value is -0.610. The molecule has 4 heteroatoms. The van der Waals surface area contributed by atoms with Gasteiger partial charge in [-0.15, -0.1) is 0 Å². The Kier molecular flexibility index (Phi) is 4.90. The molecule has 0 aromatic rings. The maximum Gasteiger partial charge on any atom is 0.245 e. The van der Waals surface area contributed by atoms with E-state index in [0.717, 1.165) is 32.2 Å². The van der Waals surface area contributed by atoms with Gasteiger partial charge in [-0.25, -0.2) is 0 Å². The van der Waals surface area contributed by atoms with E-state index in [2.05, 4.69) is 5.32 Å². The number of amides is 1. The van der Waals surface area contributed by atoms with Gasteiger partial charge >= 0.3 is 0 Å². The van der Waals surface area contributed by atoms with Gasteiger partial charge in [-0.05, 0) is 31.6 Å². The van der Waals surface area contributed by atoms with Gasteiger partial charge in [-0.2, -0.15) is 0 Å². The van der Waals surface area contributed by atoms with Gasteiger partial charge in [0.25, 0.3) is 0 Å². The van der Waals surface area contributed by atoms with Gasteiger partial charge < -0.3 is 15.8 Å². The zero-order valence-corrected chi connectivity index (χ0v) is 8.79. The number of carbonyl (C=O) groups is 1. The Morgan fingerprint density at radius 1 is 1.43 bits per heavy atom. The fourth-order valence-electron chi connectivity index (χ4n) is 1.83. The molecule has 1 saturated carbocycles. The van der Waals surface area contributed by atoms with Gasteiger partial charge in [-0.3, -0.25) is 4.79 Å². The molecule has 0 atom stereocenters. The minimum absolute atomic E-state index is 0.0256. The predicted molar refractivity (Wildman–Crippen MR) is 54.8 cm³/mol. The summed E-state index contributed by atoms with van der Waals surface area (Å²) in [6.45, 7) is 0.932. The highest BCUT2D eigenvalue weighted by Gasteiger charge is 2.18. The van der Waals surface area contributed by atoms with Crippen LogP contribution in [0.5, 0.6) is 0 Å². The molecular formula is C10H20N2O2. The summed E-state index contributed by atoms with van der Waals surface area (Å²) in [7, 11) is 1.53. The van der Waals surface area contributed by atoms with E-state index in [1.54, 1.807) is 0 Å². The minimum Gasteiger partial charge on any atom is -0.375 e. The van der Waals surface area contributed by atoms with Crippen LogP contribution in [0.3, 0.4) is 0 Å². The van der Waals surface area contributed by atoms with Crippen LogP contribution in [-0.2, 0) is 9.53 Å². The molecular weight excluding hydrogens is 180 g/mol. The molecule has 1 fully saturated rings. The number of rotatable bonds is 4. The largest absolute Gasteiger partial charge is 0.375 e. The van der Waals surface area contributed by atoms with Crippen molar-refractivity contribution in [3.63, 3.8) is 0 Å². The standard InChI is InChI=1S/C10H20N2O2/c1-14-7-10(13)12-6-8-2-4-9(11)5-3-8/h8-9H,2-7,11H2,1H3,(H,12,13)/t8-,9-. The van der Waals surface area contributed by atoms with E-state index in [4.69, 9.17) is 10.5 Å². The summed E-state index contributed by atoms with van der Waals surface area (Å²) in [5.41, 5.74) is 5.79. The van der Waals surface area contributed by atoms with Crippen LogP contribution in [0.15, 0.2) is 0 Å². The van der Waals surface area contributed by atoms with E-state index >= 15 is 0 Å². The van der Waals surface area contributed by atoms with Crippen molar-refractivity contribution in [2.45, 2.75) is 31.7 Å². The smallest absolute Gasteiger partial charge is 0.245 e. The van der Waals surface area contributed by atoms with Gasteiger partial charge in [0.1, 0.15) is 6.61 Å². The molecule has 1 amide bonds. The summed E-state index contributed by atoms with van der Waals surface area (Å²) in [6, 6.07) is 0.376. The van der Waals surface area contributed by atoms with Crippen molar-refractivity contribution in [3.05, 3.63) is 0 Å². The molecule has 1 rings (SSSR count). The SMILES string of the molecule is COCC(=O)NC[C@H]1CC[C@H](N)CC1. The third-order valence-electron chi connectivity index (χ3n) is 2.75. The molecule has 0 bridgehead atoms. The summed E-state index contributed by atoms with van der Waals surface area (Å²) in [5, 5.41) is 2.86. The van der Waals surface area contributed by atoms with Crippen molar-refractivity contribution >= 4 is 5.91 Å². The number of ether oxygens (including phenoxy) is 1. The summed E-state index contributed by atoms with van der Waals surface area (Å²) < 4.78 is 4.73. The Balaban J connectivity index is 2.09. The third kappa shape index (κ3) is 4.07. The number of nitrogens with one attached hydrogen (secondary N) is 1. The van der Waals surface area contributed by atoms with E-state index in [0.29, 0.717) is 12.0 Å². The predicted octanol–water partition coefficient (Wildman–Crippen LogP) is 0.267. The number of hydrogen-bond donors (Lipinski definition) is 2. The summed E-state index contributed by atoms with van der Waals surface area (Å²) >= 11 is 0. The second-order valence-corrected chi connectivity index (χ2v) is 4.02. The maximum absolute atomic E-state index is 11.1. The van der Waals surface area contributed by atoms with E-state index in [1.165, 1.54) is 7.11 Å². The molecule has 0 radical (unpaired) electrons. The van der Waals surface area contributed by atoms with Crippen LogP contribution in [0.4, 0.5) is 0 Å². The van der Waals surface area contributed by atoms with Crippen LogP contribution >= 0.6 is 0 Å². The second-order valence-electron chi connectivity index (χ2n) is 4.02. The number of nitrogens with two attached hydrogens (primary N) is 1. The lowest BCUT2D eigenvalue weighted by atomic mass is 9.86. The molecule has 14 heavy (non-hydrogen) atoms. The first-order chi connectivity index (χ1) is 6.72. The van der Waals surface area contributed by atoms with Gasteiger partial charge in [-0.1, -0.05) is 0 Å². The van der Waals surface area contributed by atoms with Crippen molar-refractivity contribution in [2.24, 2.45) is 11.7 Å². The first-order valence-corrected chi connectivity index (χ1v) is 5.23. The normalized spacial score (nSPS) is 27.3.